The number of aromatic nitrogens is 2. The lowest BCUT2D eigenvalue weighted by atomic mass is 9.96. The van der Waals surface area contributed by atoms with Crippen molar-refractivity contribution in [1.82, 2.24) is 15.5 Å². The minimum Gasteiger partial charge on any atom is -0.338 e. The van der Waals surface area contributed by atoms with Crippen molar-refractivity contribution in [3.05, 3.63) is 70.6 Å². The molecule has 0 aliphatic carbocycles. The van der Waals surface area contributed by atoms with E-state index in [9.17, 15) is 0 Å². The number of benzene rings is 2. The fraction of sp³-hybridized carbons (Fsp3) is 0.333. The zero-order valence-electron chi connectivity index (χ0n) is 15.4. The Kier molecular flexibility index (Phi) is 6.07. The van der Waals surface area contributed by atoms with E-state index in [2.05, 4.69) is 60.5 Å². The monoisotopic (exact) mass is 369 g/mol. The maximum absolute atomic E-state index is 6.00. The highest BCUT2D eigenvalue weighted by Gasteiger charge is 2.17. The molecule has 4 nitrogen and oxygen atoms in total. The predicted octanol–water partition coefficient (Wildman–Crippen LogP) is 5.44. The summed E-state index contributed by atoms with van der Waals surface area (Å²) in [7, 11) is 0. The van der Waals surface area contributed by atoms with E-state index in [0.717, 1.165) is 17.0 Å². The molecule has 0 bridgehead atoms. The third kappa shape index (κ3) is 4.51. The lowest BCUT2D eigenvalue weighted by Crippen LogP contribution is -2.25. The van der Waals surface area contributed by atoms with Gasteiger partial charge in [0, 0.05) is 16.6 Å². The molecule has 3 rings (SSSR count). The molecule has 1 heterocycles. The number of aryl methyl sites for hydroxylation is 1. The van der Waals surface area contributed by atoms with Gasteiger partial charge in [0.2, 0.25) is 11.7 Å². The minimum absolute atomic E-state index is 0.187. The van der Waals surface area contributed by atoms with Gasteiger partial charge in [0.1, 0.15) is 0 Å². The van der Waals surface area contributed by atoms with E-state index in [4.69, 9.17) is 16.1 Å². The standard InChI is InChI=1S/C21H24ClN3O/c1-4-15-5-7-17(8-6-15)21-24-19(26-25-21)13-23-20(14(2)3)16-9-11-18(22)12-10-16/h5-12,14,20,23H,4,13H2,1-3H3/t20-/m0/s1. The first-order chi connectivity index (χ1) is 12.6. The van der Waals surface area contributed by atoms with Gasteiger partial charge in [-0.1, -0.05) is 73.9 Å². The summed E-state index contributed by atoms with van der Waals surface area (Å²) in [6, 6.07) is 16.4. The van der Waals surface area contributed by atoms with Crippen molar-refractivity contribution < 1.29 is 4.52 Å². The van der Waals surface area contributed by atoms with E-state index >= 15 is 0 Å². The van der Waals surface area contributed by atoms with Crippen LogP contribution in [0.2, 0.25) is 5.02 Å². The van der Waals surface area contributed by atoms with E-state index in [0.29, 0.717) is 24.2 Å². The molecular weight excluding hydrogens is 346 g/mol. The van der Waals surface area contributed by atoms with Crippen molar-refractivity contribution in [3.8, 4) is 11.4 Å². The summed E-state index contributed by atoms with van der Waals surface area (Å²) in [4.78, 5) is 4.51. The van der Waals surface area contributed by atoms with Crippen molar-refractivity contribution in [1.29, 1.82) is 0 Å². The van der Waals surface area contributed by atoms with E-state index in [1.807, 2.05) is 24.3 Å². The SMILES string of the molecule is CCc1ccc(-c2noc(CN[C@H](c3ccc(Cl)cc3)C(C)C)n2)cc1. The van der Waals surface area contributed by atoms with Crippen molar-refractivity contribution in [3.63, 3.8) is 0 Å². The first kappa shape index (κ1) is 18.6. The highest BCUT2D eigenvalue weighted by Crippen LogP contribution is 2.24. The number of hydrogen-bond acceptors (Lipinski definition) is 4. The molecule has 1 aromatic heterocycles. The second kappa shape index (κ2) is 8.47. The molecule has 0 spiro atoms. The molecular formula is C21H24ClN3O. The van der Waals surface area contributed by atoms with Crippen LogP contribution >= 0.6 is 11.6 Å². The smallest absolute Gasteiger partial charge is 0.240 e. The van der Waals surface area contributed by atoms with Crippen LogP contribution in [0.25, 0.3) is 11.4 Å². The number of rotatable bonds is 7. The van der Waals surface area contributed by atoms with Crippen LogP contribution < -0.4 is 5.32 Å². The molecule has 0 aliphatic heterocycles. The summed E-state index contributed by atoms with van der Waals surface area (Å²) in [6.07, 6.45) is 1.02. The summed E-state index contributed by atoms with van der Waals surface area (Å²) >= 11 is 6.00. The van der Waals surface area contributed by atoms with Gasteiger partial charge >= 0.3 is 0 Å². The van der Waals surface area contributed by atoms with E-state index in [1.54, 1.807) is 0 Å². The average molecular weight is 370 g/mol. The molecule has 0 fully saturated rings. The van der Waals surface area contributed by atoms with Crippen LogP contribution in [0.4, 0.5) is 0 Å². The predicted molar refractivity (Wildman–Crippen MR) is 105 cm³/mol. The maximum Gasteiger partial charge on any atom is 0.240 e. The molecule has 0 amide bonds. The Morgan fingerprint density at radius 2 is 1.73 bits per heavy atom. The molecule has 0 radical (unpaired) electrons. The molecule has 136 valence electrons. The molecule has 0 aliphatic rings. The molecule has 0 saturated carbocycles. The van der Waals surface area contributed by atoms with Crippen molar-refractivity contribution in [2.75, 3.05) is 0 Å². The van der Waals surface area contributed by atoms with Crippen LogP contribution in [0.3, 0.4) is 0 Å². The zero-order chi connectivity index (χ0) is 18.5. The molecule has 1 N–H and O–H groups in total. The Balaban J connectivity index is 1.68. The van der Waals surface area contributed by atoms with Crippen LogP contribution in [-0.2, 0) is 13.0 Å². The Morgan fingerprint density at radius 3 is 2.35 bits per heavy atom. The minimum atomic E-state index is 0.187. The number of nitrogens with zero attached hydrogens (tertiary/aromatic N) is 2. The average Bonchev–Trinajstić information content (AvgIpc) is 3.12. The molecule has 1 atom stereocenters. The fourth-order valence-corrected chi connectivity index (χ4v) is 3.07. The van der Waals surface area contributed by atoms with Gasteiger partial charge in [0.05, 0.1) is 6.54 Å². The van der Waals surface area contributed by atoms with Crippen molar-refractivity contribution in [2.24, 2.45) is 5.92 Å². The number of halogens is 1. The number of hydrogen-bond donors (Lipinski definition) is 1. The van der Waals surface area contributed by atoms with Gasteiger partial charge in [-0.3, -0.25) is 0 Å². The lowest BCUT2D eigenvalue weighted by molar-refractivity contribution is 0.338. The van der Waals surface area contributed by atoms with Gasteiger partial charge in [-0.15, -0.1) is 0 Å². The topological polar surface area (TPSA) is 51.0 Å². The summed E-state index contributed by atoms with van der Waals surface area (Å²) in [5.41, 5.74) is 3.46. The molecule has 3 aromatic rings. The highest BCUT2D eigenvalue weighted by molar-refractivity contribution is 6.30. The Labute approximate surface area is 159 Å². The van der Waals surface area contributed by atoms with E-state index < -0.39 is 0 Å². The van der Waals surface area contributed by atoms with Crippen LogP contribution in [0.1, 0.15) is 43.8 Å². The summed E-state index contributed by atoms with van der Waals surface area (Å²) in [5, 5.41) is 8.36. The molecule has 26 heavy (non-hydrogen) atoms. The Hall–Kier alpha value is -2.17. The van der Waals surface area contributed by atoms with Gasteiger partial charge < -0.3 is 9.84 Å². The highest BCUT2D eigenvalue weighted by atomic mass is 35.5. The molecule has 2 aromatic carbocycles. The lowest BCUT2D eigenvalue weighted by Gasteiger charge is -2.22. The normalized spacial score (nSPS) is 12.5. The maximum atomic E-state index is 6.00. The van der Waals surface area contributed by atoms with Gasteiger partial charge in [-0.2, -0.15) is 4.98 Å². The largest absolute Gasteiger partial charge is 0.338 e. The quantitative estimate of drug-likeness (QED) is 0.602. The van der Waals surface area contributed by atoms with Crippen molar-refractivity contribution >= 4 is 11.6 Å². The Bertz CT molecular complexity index is 825. The van der Waals surface area contributed by atoms with E-state index in [1.165, 1.54) is 11.1 Å². The second-order valence-corrected chi connectivity index (χ2v) is 7.15. The van der Waals surface area contributed by atoms with Crippen LogP contribution in [0, 0.1) is 5.92 Å². The molecule has 5 heteroatoms. The number of nitrogens with one attached hydrogen (secondary N) is 1. The third-order valence-electron chi connectivity index (χ3n) is 4.46. The first-order valence-electron chi connectivity index (χ1n) is 8.97. The molecule has 0 saturated heterocycles. The van der Waals surface area contributed by atoms with Crippen LogP contribution in [0.15, 0.2) is 53.1 Å². The molecule has 0 unspecified atom stereocenters. The summed E-state index contributed by atoms with van der Waals surface area (Å²) in [6.45, 7) is 7.02. The first-order valence-corrected chi connectivity index (χ1v) is 9.35. The van der Waals surface area contributed by atoms with Gasteiger partial charge in [-0.05, 0) is 35.6 Å². The van der Waals surface area contributed by atoms with Crippen molar-refractivity contribution in [2.45, 2.75) is 39.8 Å². The summed E-state index contributed by atoms with van der Waals surface area (Å²) in [5.74, 6) is 1.62. The van der Waals surface area contributed by atoms with Gasteiger partial charge in [0.25, 0.3) is 0 Å². The van der Waals surface area contributed by atoms with E-state index in [-0.39, 0.29) is 6.04 Å². The second-order valence-electron chi connectivity index (χ2n) is 6.72. The fourth-order valence-electron chi connectivity index (χ4n) is 2.94. The summed E-state index contributed by atoms with van der Waals surface area (Å²) < 4.78 is 5.42. The van der Waals surface area contributed by atoms with Crippen LogP contribution in [-0.4, -0.2) is 10.1 Å². The zero-order valence-corrected chi connectivity index (χ0v) is 16.1. The van der Waals surface area contributed by atoms with Gasteiger partial charge in [0.15, 0.2) is 0 Å². The van der Waals surface area contributed by atoms with Crippen LogP contribution in [0.5, 0.6) is 0 Å². The Morgan fingerprint density at radius 1 is 1.04 bits per heavy atom. The van der Waals surface area contributed by atoms with Gasteiger partial charge in [-0.25, -0.2) is 0 Å². The third-order valence-corrected chi connectivity index (χ3v) is 4.71.